The van der Waals surface area contributed by atoms with Gasteiger partial charge in [-0.2, -0.15) is 0 Å². The maximum absolute atomic E-state index is 5.03. The van der Waals surface area contributed by atoms with E-state index < -0.39 is 0 Å². The van der Waals surface area contributed by atoms with Crippen LogP contribution < -0.4 is 0 Å². The van der Waals surface area contributed by atoms with Crippen molar-refractivity contribution >= 4 is 0 Å². The zero-order valence-electron chi connectivity index (χ0n) is 6.95. The van der Waals surface area contributed by atoms with Crippen LogP contribution in [-0.4, -0.2) is 18.7 Å². The number of rotatable bonds is 3. The first kappa shape index (κ1) is 8.21. The molecule has 1 unspecified atom stereocenters. The molecule has 0 fully saturated rings. The van der Waals surface area contributed by atoms with Crippen molar-refractivity contribution < 1.29 is 4.74 Å². The molecule has 2 heteroatoms. The third-order valence-electron chi connectivity index (χ3n) is 1.67. The number of pyridine rings is 1. The highest BCUT2D eigenvalue weighted by atomic mass is 16.5. The van der Waals surface area contributed by atoms with E-state index in [0.29, 0.717) is 5.92 Å². The fourth-order valence-electron chi connectivity index (χ4n) is 1.01. The van der Waals surface area contributed by atoms with Gasteiger partial charge in [0, 0.05) is 25.4 Å². The Balaban J connectivity index is 2.61. The second-order valence-electron chi connectivity index (χ2n) is 2.64. The van der Waals surface area contributed by atoms with Crippen molar-refractivity contribution in [2.24, 2.45) is 0 Å². The van der Waals surface area contributed by atoms with Crippen molar-refractivity contribution in [1.82, 2.24) is 4.98 Å². The van der Waals surface area contributed by atoms with Gasteiger partial charge in [-0.3, -0.25) is 4.98 Å². The molecule has 1 atom stereocenters. The topological polar surface area (TPSA) is 22.1 Å². The van der Waals surface area contributed by atoms with Crippen LogP contribution >= 0.6 is 0 Å². The zero-order valence-corrected chi connectivity index (χ0v) is 6.95. The molecule has 11 heavy (non-hydrogen) atoms. The maximum atomic E-state index is 5.03. The third kappa shape index (κ3) is 2.31. The van der Waals surface area contributed by atoms with Crippen LogP contribution in [0.25, 0.3) is 0 Å². The summed E-state index contributed by atoms with van der Waals surface area (Å²) in [6, 6.07) is 4.01. The van der Waals surface area contributed by atoms with E-state index in [1.165, 1.54) is 5.56 Å². The lowest BCUT2D eigenvalue weighted by molar-refractivity contribution is 0.184. The van der Waals surface area contributed by atoms with Gasteiger partial charge in [0.1, 0.15) is 0 Å². The average Bonchev–Trinajstić information content (AvgIpc) is 2.07. The first-order valence-corrected chi connectivity index (χ1v) is 3.73. The molecule has 0 saturated carbocycles. The normalized spacial score (nSPS) is 12.9. The first-order chi connectivity index (χ1) is 5.34. The van der Waals surface area contributed by atoms with Gasteiger partial charge in [-0.1, -0.05) is 13.0 Å². The summed E-state index contributed by atoms with van der Waals surface area (Å²) in [5, 5.41) is 0. The number of hydrogen-bond acceptors (Lipinski definition) is 2. The van der Waals surface area contributed by atoms with Crippen molar-refractivity contribution in [2.75, 3.05) is 13.7 Å². The smallest absolute Gasteiger partial charge is 0.0528 e. The van der Waals surface area contributed by atoms with Gasteiger partial charge in [0.2, 0.25) is 0 Å². The molecule has 1 rings (SSSR count). The van der Waals surface area contributed by atoms with Crippen LogP contribution in [0.2, 0.25) is 0 Å². The lowest BCUT2D eigenvalue weighted by Gasteiger charge is -2.08. The fourth-order valence-corrected chi connectivity index (χ4v) is 1.01. The van der Waals surface area contributed by atoms with E-state index in [1.807, 2.05) is 12.3 Å². The average molecular weight is 151 g/mol. The monoisotopic (exact) mass is 151 g/mol. The predicted octanol–water partition coefficient (Wildman–Crippen LogP) is 1.83. The lowest BCUT2D eigenvalue weighted by Crippen LogP contribution is -2.01. The molecule has 0 radical (unpaired) electrons. The first-order valence-electron chi connectivity index (χ1n) is 3.73. The molecule has 0 spiro atoms. The van der Waals surface area contributed by atoms with Crippen LogP contribution in [0.5, 0.6) is 0 Å². The molecule has 0 N–H and O–H groups in total. The minimum absolute atomic E-state index is 0.439. The Bertz CT molecular complexity index is 198. The van der Waals surface area contributed by atoms with Gasteiger partial charge >= 0.3 is 0 Å². The van der Waals surface area contributed by atoms with E-state index >= 15 is 0 Å². The van der Waals surface area contributed by atoms with Crippen molar-refractivity contribution in [3.63, 3.8) is 0 Å². The second kappa shape index (κ2) is 4.09. The number of aromatic nitrogens is 1. The predicted molar refractivity (Wildman–Crippen MR) is 44.5 cm³/mol. The highest BCUT2D eigenvalue weighted by Crippen LogP contribution is 2.12. The Labute approximate surface area is 67.2 Å². The summed E-state index contributed by atoms with van der Waals surface area (Å²) < 4.78 is 5.03. The van der Waals surface area contributed by atoms with E-state index in [4.69, 9.17) is 4.74 Å². The van der Waals surface area contributed by atoms with Crippen LogP contribution in [-0.2, 0) is 4.74 Å². The van der Waals surface area contributed by atoms with Gasteiger partial charge in [0.15, 0.2) is 0 Å². The van der Waals surface area contributed by atoms with Gasteiger partial charge in [-0.05, 0) is 11.6 Å². The minimum Gasteiger partial charge on any atom is -0.384 e. The number of methoxy groups -OCH3 is 1. The molecule has 0 aromatic carbocycles. The molecule has 0 bridgehead atoms. The molecular formula is C9H13NO. The van der Waals surface area contributed by atoms with Crippen molar-refractivity contribution in [3.8, 4) is 0 Å². The van der Waals surface area contributed by atoms with E-state index in [9.17, 15) is 0 Å². The Morgan fingerprint density at radius 1 is 1.64 bits per heavy atom. The van der Waals surface area contributed by atoms with E-state index in [2.05, 4.69) is 18.0 Å². The van der Waals surface area contributed by atoms with Crippen LogP contribution in [0.3, 0.4) is 0 Å². The highest BCUT2D eigenvalue weighted by molar-refractivity contribution is 5.13. The SMILES string of the molecule is COCC(C)c1cccnc1. The third-order valence-corrected chi connectivity index (χ3v) is 1.67. The van der Waals surface area contributed by atoms with Crippen molar-refractivity contribution in [1.29, 1.82) is 0 Å². The molecular weight excluding hydrogens is 138 g/mol. The summed E-state index contributed by atoms with van der Waals surface area (Å²) in [5.41, 5.74) is 1.23. The minimum atomic E-state index is 0.439. The largest absolute Gasteiger partial charge is 0.384 e. The summed E-state index contributed by atoms with van der Waals surface area (Å²) in [6.45, 7) is 2.88. The van der Waals surface area contributed by atoms with Crippen LogP contribution in [0, 0.1) is 0 Å². The van der Waals surface area contributed by atoms with Gasteiger partial charge in [0.05, 0.1) is 6.61 Å². The molecule has 60 valence electrons. The maximum Gasteiger partial charge on any atom is 0.0528 e. The number of ether oxygens (including phenoxy) is 1. The molecule has 0 saturated heterocycles. The van der Waals surface area contributed by atoms with Gasteiger partial charge in [0.25, 0.3) is 0 Å². The van der Waals surface area contributed by atoms with Crippen LogP contribution in [0.4, 0.5) is 0 Å². The molecule has 1 heterocycles. The fraction of sp³-hybridized carbons (Fsp3) is 0.444. The zero-order chi connectivity index (χ0) is 8.10. The van der Waals surface area contributed by atoms with Gasteiger partial charge in [-0.25, -0.2) is 0 Å². The molecule has 1 aromatic heterocycles. The summed E-state index contributed by atoms with van der Waals surface area (Å²) in [6.07, 6.45) is 3.66. The van der Waals surface area contributed by atoms with Crippen LogP contribution in [0.15, 0.2) is 24.5 Å². The molecule has 0 aliphatic rings. The number of nitrogens with zero attached hydrogens (tertiary/aromatic N) is 1. The Hall–Kier alpha value is -0.890. The van der Waals surface area contributed by atoms with Crippen molar-refractivity contribution in [3.05, 3.63) is 30.1 Å². The standard InChI is InChI=1S/C9H13NO/c1-8(7-11-2)9-4-3-5-10-6-9/h3-6,8H,7H2,1-2H3. The highest BCUT2D eigenvalue weighted by Gasteiger charge is 2.02. The summed E-state index contributed by atoms with van der Waals surface area (Å²) in [4.78, 5) is 4.03. The molecule has 0 aliphatic heterocycles. The Kier molecular flexibility index (Phi) is 3.05. The molecule has 1 aromatic rings. The quantitative estimate of drug-likeness (QED) is 0.657. The Morgan fingerprint density at radius 3 is 3.00 bits per heavy atom. The summed E-state index contributed by atoms with van der Waals surface area (Å²) in [5.74, 6) is 0.439. The molecule has 2 nitrogen and oxygen atoms in total. The molecule has 0 amide bonds. The Morgan fingerprint density at radius 2 is 2.45 bits per heavy atom. The van der Waals surface area contributed by atoms with E-state index in [0.717, 1.165) is 6.61 Å². The second-order valence-corrected chi connectivity index (χ2v) is 2.64. The van der Waals surface area contributed by atoms with Gasteiger partial charge in [-0.15, -0.1) is 0 Å². The van der Waals surface area contributed by atoms with Crippen molar-refractivity contribution in [2.45, 2.75) is 12.8 Å². The summed E-state index contributed by atoms with van der Waals surface area (Å²) in [7, 11) is 1.72. The number of hydrogen-bond donors (Lipinski definition) is 0. The van der Waals surface area contributed by atoms with E-state index in [-0.39, 0.29) is 0 Å². The van der Waals surface area contributed by atoms with Gasteiger partial charge < -0.3 is 4.74 Å². The van der Waals surface area contributed by atoms with Crippen LogP contribution in [0.1, 0.15) is 18.4 Å². The molecule has 0 aliphatic carbocycles. The lowest BCUT2D eigenvalue weighted by atomic mass is 10.1. The van der Waals surface area contributed by atoms with E-state index in [1.54, 1.807) is 13.3 Å². The summed E-state index contributed by atoms with van der Waals surface area (Å²) >= 11 is 0.